The normalized spacial score (nSPS) is 11.2. The maximum absolute atomic E-state index is 11.8. The van der Waals surface area contributed by atoms with E-state index in [1.54, 1.807) is 0 Å². The molecule has 4 rings (SSSR count). The molecule has 0 aliphatic heterocycles. The van der Waals surface area contributed by atoms with Crippen LogP contribution in [0.4, 0.5) is 0 Å². The number of oxazole rings is 1. The molecule has 104 valence electrons. The molecule has 3 aromatic heterocycles. The number of para-hydroxylation sites is 2. The van der Waals surface area contributed by atoms with Gasteiger partial charge in [-0.3, -0.25) is 4.52 Å². The molecule has 21 heavy (non-hydrogen) atoms. The van der Waals surface area contributed by atoms with E-state index in [9.17, 15) is 4.79 Å². The number of nitrogens with zero attached hydrogens (tertiary/aromatic N) is 3. The highest BCUT2D eigenvalue weighted by Gasteiger charge is 2.16. The minimum Gasteiger partial charge on any atom is -0.439 e. The average Bonchev–Trinajstić information content (AvgIpc) is 3.19. The van der Waals surface area contributed by atoms with E-state index in [0.29, 0.717) is 17.3 Å². The van der Waals surface area contributed by atoms with Crippen LogP contribution in [-0.2, 0) is 6.54 Å². The molecule has 0 aliphatic carbocycles. The molecule has 0 spiro atoms. The molecular weight excluding hydrogens is 290 g/mol. The summed E-state index contributed by atoms with van der Waals surface area (Å²) in [5.41, 5.74) is 1.45. The molecule has 0 radical (unpaired) electrons. The lowest BCUT2D eigenvalue weighted by molar-refractivity contribution is 0.374. The van der Waals surface area contributed by atoms with E-state index in [2.05, 4.69) is 10.1 Å². The lowest BCUT2D eigenvalue weighted by Gasteiger charge is -1.98. The molecule has 0 atom stereocenters. The van der Waals surface area contributed by atoms with Crippen molar-refractivity contribution in [3.05, 3.63) is 58.2 Å². The maximum Gasteiger partial charge on any atom is 0.442 e. The van der Waals surface area contributed by atoms with Gasteiger partial charge in [0.2, 0.25) is 5.89 Å². The van der Waals surface area contributed by atoms with Crippen molar-refractivity contribution in [2.24, 2.45) is 0 Å². The van der Waals surface area contributed by atoms with Gasteiger partial charge in [0.05, 0.1) is 4.88 Å². The second kappa shape index (κ2) is 4.71. The van der Waals surface area contributed by atoms with Gasteiger partial charge in [0.15, 0.2) is 11.4 Å². The van der Waals surface area contributed by atoms with Crippen molar-refractivity contribution in [1.82, 2.24) is 14.7 Å². The van der Waals surface area contributed by atoms with Gasteiger partial charge >= 0.3 is 5.76 Å². The van der Waals surface area contributed by atoms with E-state index in [0.717, 1.165) is 10.4 Å². The zero-order valence-corrected chi connectivity index (χ0v) is 11.5. The van der Waals surface area contributed by atoms with Crippen LogP contribution in [0.1, 0.15) is 5.89 Å². The van der Waals surface area contributed by atoms with Gasteiger partial charge in [0, 0.05) is 0 Å². The Kier molecular flexibility index (Phi) is 2.71. The van der Waals surface area contributed by atoms with Crippen LogP contribution >= 0.6 is 11.3 Å². The Morgan fingerprint density at radius 1 is 1.19 bits per heavy atom. The van der Waals surface area contributed by atoms with Crippen molar-refractivity contribution < 1.29 is 8.94 Å². The van der Waals surface area contributed by atoms with Gasteiger partial charge in [-0.25, -0.2) is 14.3 Å². The molecule has 7 heteroatoms. The highest BCUT2D eigenvalue weighted by molar-refractivity contribution is 7.13. The molecular formula is C14H9N3O3S. The predicted octanol–water partition coefficient (Wildman–Crippen LogP) is 2.75. The van der Waals surface area contributed by atoms with Gasteiger partial charge < -0.3 is 4.42 Å². The lowest BCUT2D eigenvalue weighted by Crippen LogP contribution is -2.16. The summed E-state index contributed by atoms with van der Waals surface area (Å²) in [4.78, 5) is 17.0. The number of rotatable bonds is 3. The fourth-order valence-electron chi connectivity index (χ4n) is 2.11. The zero-order valence-electron chi connectivity index (χ0n) is 10.7. The molecule has 0 unspecified atom stereocenters. The van der Waals surface area contributed by atoms with Crippen LogP contribution in [-0.4, -0.2) is 14.7 Å². The smallest absolute Gasteiger partial charge is 0.439 e. The molecule has 0 saturated carbocycles. The van der Waals surface area contributed by atoms with Gasteiger partial charge in [0.25, 0.3) is 0 Å². The molecule has 4 aromatic rings. The van der Waals surface area contributed by atoms with E-state index < -0.39 is 5.76 Å². The Bertz CT molecular complexity index is 916. The fraction of sp³-hybridized carbons (Fsp3) is 0.0714. The summed E-state index contributed by atoms with van der Waals surface area (Å²) < 4.78 is 11.8. The SMILES string of the molecule is O=c1onc(-c2cccs2)n1Cc1nc2ccccc2o1. The van der Waals surface area contributed by atoms with Crippen LogP contribution < -0.4 is 5.76 Å². The Morgan fingerprint density at radius 2 is 2.10 bits per heavy atom. The summed E-state index contributed by atoms with van der Waals surface area (Å²) in [6.45, 7) is 0.185. The first-order valence-electron chi connectivity index (χ1n) is 6.26. The van der Waals surface area contributed by atoms with Crippen LogP contribution in [0.5, 0.6) is 0 Å². The molecule has 0 N–H and O–H groups in total. The molecule has 0 fully saturated rings. The topological polar surface area (TPSA) is 74.1 Å². The number of thiophene rings is 1. The highest BCUT2D eigenvalue weighted by Crippen LogP contribution is 2.23. The number of aromatic nitrogens is 3. The van der Waals surface area contributed by atoms with Crippen molar-refractivity contribution in [3.63, 3.8) is 0 Å². The first kappa shape index (κ1) is 12.1. The summed E-state index contributed by atoms with van der Waals surface area (Å²) in [6.07, 6.45) is 0. The molecule has 6 nitrogen and oxygen atoms in total. The van der Waals surface area contributed by atoms with Gasteiger partial charge in [-0.15, -0.1) is 11.3 Å². The average molecular weight is 299 g/mol. The minimum atomic E-state index is -0.527. The summed E-state index contributed by atoms with van der Waals surface area (Å²) in [6, 6.07) is 11.2. The fourth-order valence-corrected chi connectivity index (χ4v) is 2.83. The number of fused-ring (bicyclic) bond motifs is 1. The highest BCUT2D eigenvalue weighted by atomic mass is 32.1. The Balaban J connectivity index is 1.77. The zero-order chi connectivity index (χ0) is 14.2. The van der Waals surface area contributed by atoms with E-state index in [4.69, 9.17) is 8.94 Å². The van der Waals surface area contributed by atoms with Crippen LogP contribution in [0.25, 0.3) is 21.8 Å². The van der Waals surface area contributed by atoms with Gasteiger partial charge in [-0.1, -0.05) is 23.4 Å². The molecule has 0 saturated heterocycles. The minimum absolute atomic E-state index is 0.185. The van der Waals surface area contributed by atoms with Crippen LogP contribution in [0.3, 0.4) is 0 Å². The first-order chi connectivity index (χ1) is 10.3. The van der Waals surface area contributed by atoms with Gasteiger partial charge in [0.1, 0.15) is 12.1 Å². The molecule has 1 aromatic carbocycles. The first-order valence-corrected chi connectivity index (χ1v) is 7.14. The van der Waals surface area contributed by atoms with Crippen LogP contribution in [0.15, 0.2) is 55.5 Å². The summed E-state index contributed by atoms with van der Waals surface area (Å²) in [5, 5.41) is 5.74. The van der Waals surface area contributed by atoms with Crippen molar-refractivity contribution in [3.8, 4) is 10.7 Å². The quantitative estimate of drug-likeness (QED) is 0.581. The van der Waals surface area contributed by atoms with E-state index in [1.807, 2.05) is 41.8 Å². The van der Waals surface area contributed by atoms with E-state index in [1.165, 1.54) is 15.9 Å². The summed E-state index contributed by atoms with van der Waals surface area (Å²) in [5.74, 6) is 0.400. The number of hydrogen-bond donors (Lipinski definition) is 0. The van der Waals surface area contributed by atoms with Gasteiger partial charge in [-0.05, 0) is 23.6 Å². The van der Waals surface area contributed by atoms with Crippen molar-refractivity contribution in [2.45, 2.75) is 6.54 Å². The van der Waals surface area contributed by atoms with Crippen LogP contribution in [0.2, 0.25) is 0 Å². The molecule has 3 heterocycles. The number of benzene rings is 1. The third-order valence-corrected chi connectivity index (χ3v) is 3.93. The monoisotopic (exact) mass is 299 g/mol. The third kappa shape index (κ3) is 2.07. The predicted molar refractivity (Wildman–Crippen MR) is 77.2 cm³/mol. The summed E-state index contributed by atoms with van der Waals surface area (Å²) in [7, 11) is 0. The van der Waals surface area contributed by atoms with Crippen LogP contribution in [0, 0.1) is 0 Å². The Labute approximate surface area is 122 Å². The largest absolute Gasteiger partial charge is 0.442 e. The number of hydrogen-bond acceptors (Lipinski definition) is 6. The molecule has 0 amide bonds. The second-order valence-electron chi connectivity index (χ2n) is 4.41. The Hall–Kier alpha value is -2.67. The van der Waals surface area contributed by atoms with Crippen molar-refractivity contribution in [1.29, 1.82) is 0 Å². The van der Waals surface area contributed by atoms with Crippen molar-refractivity contribution >= 4 is 22.4 Å². The standard InChI is InChI=1S/C14H9N3O3S/c18-14-17(13(16-20-14)11-6-3-7-21-11)8-12-15-9-4-1-2-5-10(9)19-12/h1-7H,8H2. The lowest BCUT2D eigenvalue weighted by atomic mass is 10.3. The third-order valence-electron chi connectivity index (χ3n) is 3.06. The summed E-state index contributed by atoms with van der Waals surface area (Å²) >= 11 is 1.49. The second-order valence-corrected chi connectivity index (χ2v) is 5.36. The van der Waals surface area contributed by atoms with E-state index >= 15 is 0 Å². The van der Waals surface area contributed by atoms with E-state index in [-0.39, 0.29) is 6.54 Å². The molecule has 0 aliphatic rings. The Morgan fingerprint density at radius 3 is 2.90 bits per heavy atom. The molecule has 0 bridgehead atoms. The van der Waals surface area contributed by atoms with Gasteiger partial charge in [-0.2, -0.15) is 0 Å². The van der Waals surface area contributed by atoms with Crippen molar-refractivity contribution in [2.75, 3.05) is 0 Å². The maximum atomic E-state index is 11.8.